The normalized spacial score (nSPS) is 19.2. The van der Waals surface area contributed by atoms with Crippen LogP contribution in [0.2, 0.25) is 0 Å². The first-order chi connectivity index (χ1) is 9.97. The molecule has 0 aliphatic carbocycles. The molecule has 21 heavy (non-hydrogen) atoms. The zero-order chi connectivity index (χ0) is 15.4. The van der Waals surface area contributed by atoms with Crippen LogP contribution in [0.3, 0.4) is 0 Å². The summed E-state index contributed by atoms with van der Waals surface area (Å²) in [5, 5.41) is 5.64. The average molecular weight is 290 g/mol. The van der Waals surface area contributed by atoms with Crippen LogP contribution < -0.4 is 15.4 Å². The van der Waals surface area contributed by atoms with Crippen molar-refractivity contribution in [3.05, 3.63) is 29.8 Å². The highest BCUT2D eigenvalue weighted by molar-refractivity contribution is 5.89. The molecule has 0 radical (unpaired) electrons. The third-order valence-electron chi connectivity index (χ3n) is 3.46. The van der Waals surface area contributed by atoms with Gasteiger partial charge in [-0.3, -0.25) is 9.59 Å². The first-order valence-corrected chi connectivity index (χ1v) is 7.30. The summed E-state index contributed by atoms with van der Waals surface area (Å²) in [6.45, 7) is 6.28. The molecule has 1 aromatic carbocycles. The molecule has 0 aromatic heterocycles. The molecule has 1 fully saturated rings. The summed E-state index contributed by atoms with van der Waals surface area (Å²) in [6.07, 6.45) is 0.341. The third kappa shape index (κ3) is 3.97. The Morgan fingerprint density at radius 3 is 2.67 bits per heavy atom. The van der Waals surface area contributed by atoms with Crippen molar-refractivity contribution in [1.82, 2.24) is 10.6 Å². The zero-order valence-electron chi connectivity index (χ0n) is 12.7. The lowest BCUT2D eigenvalue weighted by Gasteiger charge is -2.21. The Balaban J connectivity index is 2.04. The van der Waals surface area contributed by atoms with Crippen LogP contribution in [-0.2, 0) is 9.59 Å². The van der Waals surface area contributed by atoms with Gasteiger partial charge in [0.05, 0.1) is 18.1 Å². The summed E-state index contributed by atoms with van der Waals surface area (Å²) in [4.78, 5) is 23.3. The predicted octanol–water partition coefficient (Wildman–Crippen LogP) is 1.79. The van der Waals surface area contributed by atoms with Crippen LogP contribution in [0, 0.1) is 5.92 Å². The molecule has 1 aliphatic rings. The van der Waals surface area contributed by atoms with E-state index in [0.29, 0.717) is 6.54 Å². The minimum atomic E-state index is -0.280. The highest BCUT2D eigenvalue weighted by Gasteiger charge is 2.29. The fourth-order valence-corrected chi connectivity index (χ4v) is 2.40. The Labute approximate surface area is 125 Å². The molecule has 114 valence electrons. The fraction of sp³-hybridized carbons (Fsp3) is 0.500. The van der Waals surface area contributed by atoms with E-state index in [1.165, 1.54) is 0 Å². The van der Waals surface area contributed by atoms with Crippen LogP contribution in [0.15, 0.2) is 24.3 Å². The van der Waals surface area contributed by atoms with E-state index in [2.05, 4.69) is 10.6 Å². The summed E-state index contributed by atoms with van der Waals surface area (Å²) in [5.41, 5.74) is 0.942. The molecule has 1 aliphatic heterocycles. The molecule has 0 saturated carbocycles. The van der Waals surface area contributed by atoms with Crippen LogP contribution in [-0.4, -0.2) is 24.5 Å². The van der Waals surface area contributed by atoms with Gasteiger partial charge in [-0.2, -0.15) is 0 Å². The van der Waals surface area contributed by atoms with E-state index >= 15 is 0 Å². The van der Waals surface area contributed by atoms with Crippen LogP contribution in [0.5, 0.6) is 5.75 Å². The van der Waals surface area contributed by atoms with Gasteiger partial charge in [-0.25, -0.2) is 0 Å². The second-order valence-corrected chi connectivity index (χ2v) is 5.64. The largest absolute Gasteiger partial charge is 0.491 e. The minimum Gasteiger partial charge on any atom is -0.491 e. The van der Waals surface area contributed by atoms with Gasteiger partial charge in [0, 0.05) is 18.5 Å². The van der Waals surface area contributed by atoms with Crippen LogP contribution in [0.25, 0.3) is 0 Å². The Bertz CT molecular complexity index is 528. The van der Waals surface area contributed by atoms with Gasteiger partial charge >= 0.3 is 0 Å². The lowest BCUT2D eigenvalue weighted by molar-refractivity contribution is -0.127. The summed E-state index contributed by atoms with van der Waals surface area (Å²) in [6, 6.07) is 7.52. The summed E-state index contributed by atoms with van der Waals surface area (Å²) >= 11 is 0. The molecule has 5 nitrogen and oxygen atoms in total. The maximum Gasteiger partial charge on any atom is 0.225 e. The lowest BCUT2D eigenvalue weighted by atomic mass is 10.0. The third-order valence-corrected chi connectivity index (χ3v) is 3.46. The van der Waals surface area contributed by atoms with Crippen molar-refractivity contribution in [2.75, 3.05) is 6.54 Å². The molecule has 2 rings (SSSR count). The van der Waals surface area contributed by atoms with E-state index in [1.807, 2.05) is 45.0 Å². The molecule has 2 atom stereocenters. The number of rotatable bonds is 5. The van der Waals surface area contributed by atoms with Gasteiger partial charge < -0.3 is 15.4 Å². The molecule has 2 unspecified atom stereocenters. The summed E-state index contributed by atoms with van der Waals surface area (Å²) in [7, 11) is 0. The first kappa shape index (κ1) is 15.4. The maximum atomic E-state index is 12.2. The van der Waals surface area contributed by atoms with Crippen molar-refractivity contribution >= 4 is 11.8 Å². The molecule has 2 amide bonds. The standard InChI is InChI=1S/C16H22N2O3/c1-10(2)21-14-7-5-4-6-13(14)11(3)18-16(20)12-8-15(19)17-9-12/h4-7,10-12H,8-9H2,1-3H3,(H,17,19)(H,18,20). The molecule has 2 N–H and O–H groups in total. The quantitative estimate of drug-likeness (QED) is 0.868. The van der Waals surface area contributed by atoms with Gasteiger partial charge in [0.1, 0.15) is 5.75 Å². The molecule has 1 heterocycles. The number of benzene rings is 1. The predicted molar refractivity (Wildman–Crippen MR) is 79.9 cm³/mol. The lowest BCUT2D eigenvalue weighted by Crippen LogP contribution is -2.34. The number of hydrogen-bond donors (Lipinski definition) is 2. The molecule has 5 heteroatoms. The Kier molecular flexibility index (Phi) is 4.83. The number of amides is 2. The number of para-hydroxylation sites is 1. The van der Waals surface area contributed by atoms with Gasteiger partial charge in [0.15, 0.2) is 0 Å². The van der Waals surface area contributed by atoms with Crippen LogP contribution in [0.1, 0.15) is 38.8 Å². The topological polar surface area (TPSA) is 67.4 Å². The maximum absolute atomic E-state index is 12.2. The number of carbonyl (C=O) groups excluding carboxylic acids is 2. The summed E-state index contributed by atoms with van der Waals surface area (Å²) in [5.74, 6) is 0.339. The Morgan fingerprint density at radius 2 is 2.05 bits per heavy atom. The van der Waals surface area contributed by atoms with Gasteiger partial charge in [-0.05, 0) is 26.8 Å². The van der Waals surface area contributed by atoms with E-state index in [-0.39, 0.29) is 36.3 Å². The smallest absolute Gasteiger partial charge is 0.225 e. The number of ether oxygens (including phenoxy) is 1. The van der Waals surface area contributed by atoms with Crippen molar-refractivity contribution < 1.29 is 14.3 Å². The molecule has 0 spiro atoms. The van der Waals surface area contributed by atoms with Crippen molar-refractivity contribution in [3.63, 3.8) is 0 Å². The van der Waals surface area contributed by atoms with E-state index in [1.54, 1.807) is 0 Å². The van der Waals surface area contributed by atoms with E-state index in [0.717, 1.165) is 11.3 Å². The van der Waals surface area contributed by atoms with E-state index < -0.39 is 0 Å². The monoisotopic (exact) mass is 290 g/mol. The van der Waals surface area contributed by atoms with Crippen molar-refractivity contribution in [2.45, 2.75) is 39.3 Å². The van der Waals surface area contributed by atoms with Crippen molar-refractivity contribution in [3.8, 4) is 5.75 Å². The van der Waals surface area contributed by atoms with E-state index in [9.17, 15) is 9.59 Å². The number of nitrogens with one attached hydrogen (secondary N) is 2. The number of hydrogen-bond acceptors (Lipinski definition) is 3. The fourth-order valence-electron chi connectivity index (χ4n) is 2.40. The van der Waals surface area contributed by atoms with Gasteiger partial charge in [-0.15, -0.1) is 0 Å². The minimum absolute atomic E-state index is 0.0636. The molecule has 1 saturated heterocycles. The molecule has 1 aromatic rings. The molecular formula is C16H22N2O3. The zero-order valence-corrected chi connectivity index (χ0v) is 12.7. The van der Waals surface area contributed by atoms with Gasteiger partial charge in [0.25, 0.3) is 0 Å². The second-order valence-electron chi connectivity index (χ2n) is 5.64. The SMILES string of the molecule is CC(C)Oc1ccccc1C(C)NC(=O)C1CNC(=O)C1. The first-order valence-electron chi connectivity index (χ1n) is 7.30. The highest BCUT2D eigenvalue weighted by Crippen LogP contribution is 2.26. The number of carbonyl (C=O) groups is 2. The van der Waals surface area contributed by atoms with Gasteiger partial charge in [0.2, 0.25) is 11.8 Å². The Morgan fingerprint density at radius 1 is 1.33 bits per heavy atom. The van der Waals surface area contributed by atoms with Crippen LogP contribution >= 0.6 is 0 Å². The molecular weight excluding hydrogens is 268 g/mol. The van der Waals surface area contributed by atoms with E-state index in [4.69, 9.17) is 4.74 Å². The highest BCUT2D eigenvalue weighted by atomic mass is 16.5. The second kappa shape index (κ2) is 6.61. The summed E-state index contributed by atoms with van der Waals surface area (Å²) < 4.78 is 5.77. The molecule has 0 bridgehead atoms. The average Bonchev–Trinajstić information content (AvgIpc) is 2.85. The van der Waals surface area contributed by atoms with Crippen molar-refractivity contribution in [1.29, 1.82) is 0 Å². The van der Waals surface area contributed by atoms with Gasteiger partial charge in [-0.1, -0.05) is 18.2 Å². The van der Waals surface area contributed by atoms with Crippen LogP contribution in [0.4, 0.5) is 0 Å². The Hall–Kier alpha value is -2.04. The van der Waals surface area contributed by atoms with Crippen molar-refractivity contribution in [2.24, 2.45) is 5.92 Å².